The van der Waals surface area contributed by atoms with Crippen molar-refractivity contribution < 1.29 is 9.59 Å². The number of carbonyl (C=O) groups excluding carboxylic acids is 2. The topological polar surface area (TPSA) is 37.4 Å². The summed E-state index contributed by atoms with van der Waals surface area (Å²) in [5.74, 6) is -0.862. The molecule has 0 spiro atoms. The Balaban J connectivity index is 2.50. The predicted octanol–water partition coefficient (Wildman–Crippen LogP) is 3.08. The van der Waals surface area contributed by atoms with Crippen LogP contribution in [0.2, 0.25) is 15.1 Å². The lowest BCUT2D eigenvalue weighted by Gasteiger charge is -2.15. The number of anilines is 1. The summed E-state index contributed by atoms with van der Waals surface area (Å²) < 4.78 is 0. The van der Waals surface area contributed by atoms with E-state index in [1.165, 1.54) is 24.3 Å². The lowest BCUT2D eigenvalue weighted by atomic mass is 10.3. The maximum absolute atomic E-state index is 11.4. The molecule has 3 nitrogen and oxygen atoms in total. The largest absolute Gasteiger partial charge is 0.269 e. The number of rotatable bonds is 1. The SMILES string of the molecule is O=C1C=CC(=O)N1c1cc(Cl)c(Cl)c(Cl)c1. The van der Waals surface area contributed by atoms with Gasteiger partial charge in [-0.05, 0) is 12.1 Å². The molecule has 0 N–H and O–H groups in total. The number of benzene rings is 1. The van der Waals surface area contributed by atoms with E-state index in [0.29, 0.717) is 5.69 Å². The molecule has 82 valence electrons. The molecule has 0 aromatic heterocycles. The number of hydrogen-bond acceptors (Lipinski definition) is 2. The van der Waals surface area contributed by atoms with Gasteiger partial charge in [0.15, 0.2) is 0 Å². The average Bonchev–Trinajstić information content (AvgIpc) is 2.54. The summed E-state index contributed by atoms with van der Waals surface area (Å²) in [5.41, 5.74) is 0.305. The first kappa shape index (κ1) is 11.5. The fourth-order valence-corrected chi connectivity index (χ4v) is 1.91. The molecule has 1 aliphatic rings. The van der Waals surface area contributed by atoms with Gasteiger partial charge in [0.25, 0.3) is 11.8 Å². The quantitative estimate of drug-likeness (QED) is 0.584. The number of amides is 2. The third-order valence-electron chi connectivity index (χ3n) is 2.04. The molecule has 0 aliphatic carbocycles. The second-order valence-electron chi connectivity index (χ2n) is 3.07. The molecule has 1 heterocycles. The van der Waals surface area contributed by atoms with E-state index < -0.39 is 11.8 Å². The monoisotopic (exact) mass is 275 g/mol. The van der Waals surface area contributed by atoms with E-state index in [1.54, 1.807) is 0 Å². The van der Waals surface area contributed by atoms with Crippen molar-refractivity contribution in [1.82, 2.24) is 0 Å². The molecule has 2 amide bonds. The molecule has 6 heteroatoms. The number of nitrogens with zero attached hydrogens (tertiary/aromatic N) is 1. The smallest absolute Gasteiger partial charge is 0.258 e. The Bertz CT molecular complexity index is 484. The van der Waals surface area contributed by atoms with E-state index >= 15 is 0 Å². The van der Waals surface area contributed by atoms with Crippen LogP contribution in [0.25, 0.3) is 0 Å². The van der Waals surface area contributed by atoms with Crippen LogP contribution >= 0.6 is 34.8 Å². The summed E-state index contributed by atoms with van der Waals surface area (Å²) in [7, 11) is 0. The summed E-state index contributed by atoms with van der Waals surface area (Å²) in [6, 6.07) is 2.83. The molecule has 0 bridgehead atoms. The van der Waals surface area contributed by atoms with Crippen molar-refractivity contribution in [3.63, 3.8) is 0 Å². The van der Waals surface area contributed by atoms with Crippen molar-refractivity contribution in [2.24, 2.45) is 0 Å². The van der Waals surface area contributed by atoms with Gasteiger partial charge in [0.2, 0.25) is 0 Å². The van der Waals surface area contributed by atoms with Crippen molar-refractivity contribution in [3.05, 3.63) is 39.4 Å². The van der Waals surface area contributed by atoms with Gasteiger partial charge in [-0.2, -0.15) is 0 Å². The lowest BCUT2D eigenvalue weighted by molar-refractivity contribution is -0.119. The van der Waals surface area contributed by atoms with Crippen LogP contribution in [-0.2, 0) is 9.59 Å². The van der Waals surface area contributed by atoms with Crippen molar-refractivity contribution in [3.8, 4) is 0 Å². The third-order valence-corrected chi connectivity index (χ3v) is 3.23. The first-order valence-electron chi connectivity index (χ1n) is 4.21. The number of halogens is 3. The molecular formula is C10H4Cl3NO2. The van der Waals surface area contributed by atoms with Crippen LogP contribution in [0.4, 0.5) is 5.69 Å². The van der Waals surface area contributed by atoms with Crippen LogP contribution in [0.3, 0.4) is 0 Å². The highest BCUT2D eigenvalue weighted by Crippen LogP contribution is 2.35. The fourth-order valence-electron chi connectivity index (χ4n) is 1.33. The summed E-state index contributed by atoms with van der Waals surface area (Å²) in [6.07, 6.45) is 2.36. The Hall–Kier alpha value is -1.03. The standard InChI is InChI=1S/C10H4Cl3NO2/c11-6-3-5(4-7(12)10(6)13)14-8(15)1-2-9(14)16/h1-4H. The van der Waals surface area contributed by atoms with E-state index in [4.69, 9.17) is 34.8 Å². The van der Waals surface area contributed by atoms with Gasteiger partial charge in [0.1, 0.15) is 0 Å². The van der Waals surface area contributed by atoms with Crippen LogP contribution in [0.5, 0.6) is 0 Å². The molecule has 16 heavy (non-hydrogen) atoms. The van der Waals surface area contributed by atoms with Gasteiger partial charge in [-0.3, -0.25) is 9.59 Å². The zero-order valence-electron chi connectivity index (χ0n) is 7.71. The van der Waals surface area contributed by atoms with Crippen molar-refractivity contribution >= 4 is 52.3 Å². The van der Waals surface area contributed by atoms with Crippen LogP contribution < -0.4 is 4.90 Å². The zero-order chi connectivity index (χ0) is 11.9. The van der Waals surface area contributed by atoms with Crippen molar-refractivity contribution in [2.45, 2.75) is 0 Å². The van der Waals surface area contributed by atoms with Gasteiger partial charge in [-0.25, -0.2) is 4.90 Å². The molecule has 1 aliphatic heterocycles. The second kappa shape index (κ2) is 4.09. The third kappa shape index (κ3) is 1.82. The fraction of sp³-hybridized carbons (Fsp3) is 0. The number of hydrogen-bond donors (Lipinski definition) is 0. The van der Waals surface area contributed by atoms with Crippen LogP contribution in [-0.4, -0.2) is 11.8 Å². The Morgan fingerprint density at radius 1 is 0.875 bits per heavy atom. The Morgan fingerprint density at radius 2 is 1.31 bits per heavy atom. The lowest BCUT2D eigenvalue weighted by Crippen LogP contribution is -2.29. The molecule has 1 aromatic rings. The minimum atomic E-state index is -0.431. The first-order valence-corrected chi connectivity index (χ1v) is 5.35. The van der Waals surface area contributed by atoms with Crippen LogP contribution in [0, 0.1) is 0 Å². The summed E-state index contributed by atoms with van der Waals surface area (Å²) >= 11 is 17.4. The van der Waals surface area contributed by atoms with E-state index in [0.717, 1.165) is 4.90 Å². The molecule has 0 unspecified atom stereocenters. The van der Waals surface area contributed by atoms with E-state index in [2.05, 4.69) is 0 Å². The minimum Gasteiger partial charge on any atom is -0.269 e. The second-order valence-corrected chi connectivity index (χ2v) is 4.26. The van der Waals surface area contributed by atoms with Gasteiger partial charge >= 0.3 is 0 Å². The van der Waals surface area contributed by atoms with E-state index in [9.17, 15) is 9.59 Å². The van der Waals surface area contributed by atoms with Crippen LogP contribution in [0.1, 0.15) is 0 Å². The van der Waals surface area contributed by atoms with Gasteiger partial charge in [-0.1, -0.05) is 34.8 Å². The molecule has 0 atom stereocenters. The number of carbonyl (C=O) groups is 2. The Labute approximate surface area is 106 Å². The summed E-state index contributed by atoms with van der Waals surface area (Å²) in [4.78, 5) is 23.7. The Morgan fingerprint density at radius 3 is 1.75 bits per heavy atom. The average molecular weight is 277 g/mol. The highest BCUT2D eigenvalue weighted by molar-refractivity contribution is 6.48. The van der Waals surface area contributed by atoms with Gasteiger partial charge in [0, 0.05) is 12.2 Å². The minimum absolute atomic E-state index is 0.191. The molecule has 0 saturated heterocycles. The molecule has 0 radical (unpaired) electrons. The maximum Gasteiger partial charge on any atom is 0.258 e. The molecule has 1 aromatic carbocycles. The highest BCUT2D eigenvalue weighted by atomic mass is 35.5. The molecule has 0 fully saturated rings. The van der Waals surface area contributed by atoms with Crippen molar-refractivity contribution in [2.75, 3.05) is 4.90 Å². The zero-order valence-corrected chi connectivity index (χ0v) is 9.97. The van der Waals surface area contributed by atoms with Gasteiger partial charge in [0.05, 0.1) is 20.8 Å². The van der Waals surface area contributed by atoms with Gasteiger partial charge in [-0.15, -0.1) is 0 Å². The molecular weight excluding hydrogens is 272 g/mol. The summed E-state index contributed by atoms with van der Waals surface area (Å²) in [5, 5.41) is 0.576. The highest BCUT2D eigenvalue weighted by Gasteiger charge is 2.26. The van der Waals surface area contributed by atoms with E-state index in [-0.39, 0.29) is 15.1 Å². The predicted molar refractivity (Wildman–Crippen MR) is 63.1 cm³/mol. The molecule has 0 saturated carbocycles. The number of imide groups is 1. The maximum atomic E-state index is 11.4. The summed E-state index contributed by atoms with van der Waals surface area (Å²) in [6.45, 7) is 0. The Kier molecular flexibility index (Phi) is 2.93. The normalized spacial score (nSPS) is 15.1. The molecule has 2 rings (SSSR count). The van der Waals surface area contributed by atoms with Crippen LogP contribution in [0.15, 0.2) is 24.3 Å². The van der Waals surface area contributed by atoms with E-state index in [1.807, 2.05) is 0 Å². The van der Waals surface area contributed by atoms with Crippen molar-refractivity contribution in [1.29, 1.82) is 0 Å². The first-order chi connectivity index (χ1) is 7.50. The van der Waals surface area contributed by atoms with Gasteiger partial charge < -0.3 is 0 Å².